The number of aliphatic imine (C=N–C) groups is 1. The standard InChI is InChI=1S/C29H30ClFN4O3/c1-18(4-10-25(32)33-3)15-34-26(36)11-9-23-13-22-12-21(14-24(30)27(22)38-23)19-5-7-20(8-6-19)28(37)35-16-29(2,31)17-35/h4-12,14,23H,3,13,15-17,32H2,1-2H3,(H,34,36)/b11-9+,18-4+,25-10-. The second-order valence-corrected chi connectivity index (χ2v) is 10.2. The minimum Gasteiger partial charge on any atom is -0.484 e. The zero-order chi connectivity index (χ0) is 27.4. The Morgan fingerprint density at radius 3 is 2.63 bits per heavy atom. The molecule has 1 fully saturated rings. The molecule has 1 saturated heterocycles. The summed E-state index contributed by atoms with van der Waals surface area (Å²) in [6.07, 6.45) is 6.80. The lowest BCUT2D eigenvalue weighted by molar-refractivity contribution is -0.116. The topological polar surface area (TPSA) is 97.0 Å². The SMILES string of the molecule is C=N/C(N)=C\C=C(/C)CNC(=O)/C=C/C1Cc2cc(-c3ccc(C(=O)N4CC(C)(F)C4)cc3)cc(Cl)c2O1. The minimum absolute atomic E-state index is 0.114. The van der Waals surface area contributed by atoms with Crippen LogP contribution in [0, 0.1) is 0 Å². The molecule has 2 aromatic carbocycles. The van der Waals surface area contributed by atoms with Crippen molar-refractivity contribution in [3.8, 4) is 16.9 Å². The van der Waals surface area contributed by atoms with Gasteiger partial charge in [-0.05, 0) is 68.1 Å². The number of ether oxygens (including phenoxy) is 1. The maximum atomic E-state index is 13.7. The number of nitrogens with one attached hydrogen (secondary N) is 1. The van der Waals surface area contributed by atoms with Crippen LogP contribution in [-0.2, 0) is 11.2 Å². The number of alkyl halides is 1. The lowest BCUT2D eigenvalue weighted by atomic mass is 9.96. The third kappa shape index (κ3) is 6.50. The van der Waals surface area contributed by atoms with Crippen molar-refractivity contribution in [2.24, 2.45) is 10.7 Å². The number of hydrogen-bond donors (Lipinski definition) is 2. The first-order valence-corrected chi connectivity index (χ1v) is 12.6. The molecule has 3 N–H and O–H groups in total. The zero-order valence-electron chi connectivity index (χ0n) is 21.3. The molecule has 0 aromatic heterocycles. The largest absolute Gasteiger partial charge is 0.484 e. The number of carbonyl (C=O) groups is 2. The Hall–Kier alpha value is -3.91. The number of likely N-dealkylation sites (tertiary alicyclic amines) is 1. The van der Waals surface area contributed by atoms with E-state index in [0.717, 1.165) is 22.3 Å². The summed E-state index contributed by atoms with van der Waals surface area (Å²) in [6, 6.07) is 11.0. The molecule has 2 aromatic rings. The first kappa shape index (κ1) is 27.1. The van der Waals surface area contributed by atoms with Crippen LogP contribution in [-0.4, -0.2) is 54.8 Å². The normalized spacial score (nSPS) is 18.5. The number of amides is 2. The van der Waals surface area contributed by atoms with E-state index in [2.05, 4.69) is 17.0 Å². The van der Waals surface area contributed by atoms with E-state index in [1.54, 1.807) is 30.4 Å². The molecule has 0 radical (unpaired) electrons. The Labute approximate surface area is 226 Å². The summed E-state index contributed by atoms with van der Waals surface area (Å²) in [4.78, 5) is 29.9. The van der Waals surface area contributed by atoms with Gasteiger partial charge in [-0.3, -0.25) is 9.59 Å². The van der Waals surface area contributed by atoms with Gasteiger partial charge >= 0.3 is 0 Å². The predicted octanol–water partition coefficient (Wildman–Crippen LogP) is 4.61. The van der Waals surface area contributed by atoms with E-state index in [1.165, 1.54) is 17.9 Å². The van der Waals surface area contributed by atoms with Gasteiger partial charge in [-0.1, -0.05) is 35.4 Å². The summed E-state index contributed by atoms with van der Waals surface area (Å²) < 4.78 is 19.7. The van der Waals surface area contributed by atoms with Gasteiger partial charge in [0.1, 0.15) is 23.3 Å². The van der Waals surface area contributed by atoms with Crippen LogP contribution in [0.4, 0.5) is 4.39 Å². The van der Waals surface area contributed by atoms with E-state index in [9.17, 15) is 14.0 Å². The highest BCUT2D eigenvalue weighted by Crippen LogP contribution is 2.40. The number of nitrogens with two attached hydrogens (primary N) is 1. The molecule has 0 spiro atoms. The minimum atomic E-state index is -1.30. The van der Waals surface area contributed by atoms with Crippen molar-refractivity contribution in [1.29, 1.82) is 0 Å². The average Bonchev–Trinajstić information content (AvgIpc) is 3.31. The molecule has 0 bridgehead atoms. The second-order valence-electron chi connectivity index (χ2n) is 9.80. The predicted molar refractivity (Wildman–Crippen MR) is 148 cm³/mol. The van der Waals surface area contributed by atoms with E-state index >= 15 is 0 Å². The van der Waals surface area contributed by atoms with Crippen LogP contribution >= 0.6 is 11.6 Å². The molecule has 2 heterocycles. The Morgan fingerprint density at radius 2 is 1.97 bits per heavy atom. The summed E-state index contributed by atoms with van der Waals surface area (Å²) in [5.74, 6) is 0.482. The summed E-state index contributed by atoms with van der Waals surface area (Å²) in [5, 5.41) is 3.28. The van der Waals surface area contributed by atoms with Gasteiger partial charge in [-0.25, -0.2) is 9.38 Å². The fourth-order valence-electron chi connectivity index (χ4n) is 4.32. The van der Waals surface area contributed by atoms with Crippen molar-refractivity contribution in [1.82, 2.24) is 10.2 Å². The van der Waals surface area contributed by atoms with Gasteiger partial charge in [-0.15, -0.1) is 0 Å². The van der Waals surface area contributed by atoms with E-state index in [-0.39, 0.29) is 31.0 Å². The molecule has 1 unspecified atom stereocenters. The van der Waals surface area contributed by atoms with Crippen molar-refractivity contribution in [2.45, 2.75) is 32.0 Å². The number of rotatable bonds is 8. The monoisotopic (exact) mass is 536 g/mol. The van der Waals surface area contributed by atoms with E-state index in [1.807, 2.05) is 31.2 Å². The third-order valence-corrected chi connectivity index (χ3v) is 6.61. The first-order valence-electron chi connectivity index (χ1n) is 12.2. The number of hydrogen-bond acceptors (Lipinski definition) is 5. The quantitative estimate of drug-likeness (QED) is 0.292. The molecule has 198 valence electrons. The number of allylic oxidation sites excluding steroid dienone is 2. The summed E-state index contributed by atoms with van der Waals surface area (Å²) >= 11 is 6.52. The van der Waals surface area contributed by atoms with E-state index in [0.29, 0.717) is 35.1 Å². The van der Waals surface area contributed by atoms with E-state index < -0.39 is 5.67 Å². The van der Waals surface area contributed by atoms with Gasteiger partial charge in [0.05, 0.1) is 18.1 Å². The molecule has 1 atom stereocenters. The average molecular weight is 537 g/mol. The maximum absolute atomic E-state index is 13.7. The van der Waals surface area contributed by atoms with Crippen molar-refractivity contribution in [3.63, 3.8) is 0 Å². The van der Waals surface area contributed by atoms with Gasteiger partial charge in [0.2, 0.25) is 5.91 Å². The van der Waals surface area contributed by atoms with Crippen molar-refractivity contribution in [3.05, 3.63) is 88.2 Å². The van der Waals surface area contributed by atoms with Gasteiger partial charge in [-0.2, -0.15) is 0 Å². The number of benzene rings is 2. The van der Waals surface area contributed by atoms with Crippen LogP contribution < -0.4 is 15.8 Å². The third-order valence-electron chi connectivity index (χ3n) is 6.33. The molecule has 4 rings (SSSR count). The van der Waals surface area contributed by atoms with Crippen molar-refractivity contribution < 1.29 is 18.7 Å². The van der Waals surface area contributed by atoms with Crippen molar-refractivity contribution in [2.75, 3.05) is 19.6 Å². The lowest BCUT2D eigenvalue weighted by Gasteiger charge is -2.42. The maximum Gasteiger partial charge on any atom is 0.254 e. The smallest absolute Gasteiger partial charge is 0.254 e. The summed E-state index contributed by atoms with van der Waals surface area (Å²) in [6.45, 7) is 7.30. The molecule has 7 nitrogen and oxygen atoms in total. The first-order chi connectivity index (χ1) is 18.0. The molecule has 2 aliphatic heterocycles. The number of fused-ring (bicyclic) bond motifs is 1. The Morgan fingerprint density at radius 1 is 1.26 bits per heavy atom. The zero-order valence-corrected chi connectivity index (χ0v) is 22.1. The molecule has 2 amide bonds. The molecular weight excluding hydrogens is 507 g/mol. The fourth-order valence-corrected chi connectivity index (χ4v) is 4.60. The highest BCUT2D eigenvalue weighted by Gasteiger charge is 2.41. The van der Waals surface area contributed by atoms with Gasteiger partial charge < -0.3 is 20.7 Å². The number of carbonyl (C=O) groups excluding carboxylic acids is 2. The van der Waals surface area contributed by atoms with Crippen LogP contribution in [0.15, 0.2) is 77.1 Å². The van der Waals surface area contributed by atoms with Crippen LogP contribution in [0.2, 0.25) is 5.02 Å². The lowest BCUT2D eigenvalue weighted by Crippen LogP contribution is -2.59. The van der Waals surface area contributed by atoms with Crippen LogP contribution in [0.5, 0.6) is 5.75 Å². The highest BCUT2D eigenvalue weighted by molar-refractivity contribution is 6.32. The molecule has 9 heteroatoms. The number of halogens is 2. The van der Waals surface area contributed by atoms with Crippen LogP contribution in [0.3, 0.4) is 0 Å². The van der Waals surface area contributed by atoms with Crippen LogP contribution in [0.25, 0.3) is 11.1 Å². The Balaban J connectivity index is 1.35. The Bertz CT molecular complexity index is 1340. The van der Waals surface area contributed by atoms with Crippen molar-refractivity contribution >= 4 is 30.1 Å². The number of nitrogens with zero attached hydrogens (tertiary/aromatic N) is 2. The van der Waals surface area contributed by atoms with Crippen LogP contribution in [0.1, 0.15) is 29.8 Å². The van der Waals surface area contributed by atoms with Gasteiger partial charge in [0.15, 0.2) is 0 Å². The molecule has 0 aliphatic carbocycles. The highest BCUT2D eigenvalue weighted by atomic mass is 35.5. The molecule has 2 aliphatic rings. The molecular formula is C29H30ClFN4O3. The molecule has 0 saturated carbocycles. The van der Waals surface area contributed by atoms with Gasteiger partial charge in [0.25, 0.3) is 5.91 Å². The summed E-state index contributed by atoms with van der Waals surface area (Å²) in [5.41, 5.74) is 8.41. The van der Waals surface area contributed by atoms with E-state index in [4.69, 9.17) is 22.1 Å². The second kappa shape index (κ2) is 11.2. The summed E-state index contributed by atoms with van der Waals surface area (Å²) in [7, 11) is 0. The molecule has 38 heavy (non-hydrogen) atoms. The fraction of sp³-hybridized carbons (Fsp3) is 0.276. The van der Waals surface area contributed by atoms with Gasteiger partial charge in [0, 0.05) is 30.2 Å². The Kier molecular flexibility index (Phi) is 8.02.